The van der Waals surface area contributed by atoms with E-state index < -0.39 is 0 Å². The molecule has 1 aromatic rings. The van der Waals surface area contributed by atoms with Gasteiger partial charge in [0.1, 0.15) is 5.78 Å². The third-order valence-electron chi connectivity index (χ3n) is 4.99. The predicted octanol–water partition coefficient (Wildman–Crippen LogP) is 2.75. The van der Waals surface area contributed by atoms with Crippen molar-refractivity contribution in [1.82, 2.24) is 5.32 Å². The number of hydrogen-bond donors (Lipinski definition) is 1. The lowest BCUT2D eigenvalue weighted by Gasteiger charge is -2.23. The number of carbonyl (C=O) groups is 1. The monoisotopic (exact) mass is 257 g/mol. The first-order valence-electron chi connectivity index (χ1n) is 7.55. The second kappa shape index (κ2) is 5.09. The first-order chi connectivity index (χ1) is 9.23. The van der Waals surface area contributed by atoms with Gasteiger partial charge in [0.15, 0.2) is 0 Å². The summed E-state index contributed by atoms with van der Waals surface area (Å²) < 4.78 is 0. The number of piperidine rings is 1. The van der Waals surface area contributed by atoms with Crippen LogP contribution in [0.15, 0.2) is 24.3 Å². The largest absolute Gasteiger partial charge is 0.317 e. The van der Waals surface area contributed by atoms with Gasteiger partial charge in [-0.3, -0.25) is 4.79 Å². The van der Waals surface area contributed by atoms with Gasteiger partial charge in [-0.05, 0) is 55.3 Å². The molecule has 2 fully saturated rings. The Hall–Kier alpha value is -1.15. The number of aryl methyl sites for hydroxylation is 1. The average molecular weight is 257 g/mol. The highest BCUT2D eigenvalue weighted by Crippen LogP contribution is 2.59. The zero-order chi connectivity index (χ0) is 13.3. The van der Waals surface area contributed by atoms with Gasteiger partial charge in [0.2, 0.25) is 0 Å². The quantitative estimate of drug-likeness (QED) is 0.898. The summed E-state index contributed by atoms with van der Waals surface area (Å²) in [4.78, 5) is 12.4. The summed E-state index contributed by atoms with van der Waals surface area (Å²) in [6.45, 7) is 4.34. The molecule has 1 aliphatic heterocycles. The van der Waals surface area contributed by atoms with Gasteiger partial charge in [-0.2, -0.15) is 0 Å². The fourth-order valence-corrected chi connectivity index (χ4v) is 3.50. The van der Waals surface area contributed by atoms with Crippen molar-refractivity contribution in [1.29, 1.82) is 0 Å². The normalized spacial score (nSPS) is 24.4. The Kier molecular flexibility index (Phi) is 3.44. The van der Waals surface area contributed by atoms with Crippen LogP contribution in [0.5, 0.6) is 0 Å². The lowest BCUT2D eigenvalue weighted by Crippen LogP contribution is -2.30. The van der Waals surface area contributed by atoms with E-state index in [0.29, 0.717) is 23.5 Å². The molecular formula is C17H23NO. The summed E-state index contributed by atoms with van der Waals surface area (Å²) >= 11 is 0. The van der Waals surface area contributed by atoms with Gasteiger partial charge in [0.05, 0.1) is 0 Å². The molecule has 1 unspecified atom stereocenters. The van der Waals surface area contributed by atoms with Crippen LogP contribution in [-0.2, 0) is 17.6 Å². The van der Waals surface area contributed by atoms with Crippen LogP contribution < -0.4 is 5.32 Å². The molecule has 3 rings (SSSR count). The number of benzene rings is 1. The maximum absolute atomic E-state index is 12.4. The van der Waals surface area contributed by atoms with E-state index in [-0.39, 0.29) is 0 Å². The molecule has 2 heteroatoms. The minimum atomic E-state index is 0.348. The van der Waals surface area contributed by atoms with Crippen LogP contribution in [0, 0.1) is 11.3 Å². The first-order valence-corrected chi connectivity index (χ1v) is 7.55. The lowest BCUT2D eigenvalue weighted by molar-refractivity contribution is -0.120. The topological polar surface area (TPSA) is 29.1 Å². The van der Waals surface area contributed by atoms with E-state index in [9.17, 15) is 4.79 Å². The van der Waals surface area contributed by atoms with Crippen LogP contribution in [0.25, 0.3) is 0 Å². The van der Waals surface area contributed by atoms with E-state index in [2.05, 4.69) is 36.5 Å². The van der Waals surface area contributed by atoms with E-state index in [1.54, 1.807) is 0 Å². The maximum Gasteiger partial charge on any atom is 0.140 e. The highest BCUT2D eigenvalue weighted by molar-refractivity contribution is 5.86. The van der Waals surface area contributed by atoms with Crippen molar-refractivity contribution in [3.63, 3.8) is 0 Å². The third-order valence-corrected chi connectivity index (χ3v) is 4.99. The third kappa shape index (κ3) is 2.59. The van der Waals surface area contributed by atoms with E-state index in [1.807, 2.05) is 0 Å². The van der Waals surface area contributed by atoms with Crippen LogP contribution in [0.1, 0.15) is 37.3 Å². The van der Waals surface area contributed by atoms with Gasteiger partial charge in [-0.1, -0.05) is 31.2 Å². The second-order valence-electron chi connectivity index (χ2n) is 6.18. The number of nitrogens with one attached hydrogen (secondary N) is 1. The molecule has 1 saturated heterocycles. The Bertz CT molecular complexity index is 457. The van der Waals surface area contributed by atoms with E-state index in [4.69, 9.17) is 0 Å². The number of carbonyl (C=O) groups excluding carboxylic acids is 1. The van der Waals surface area contributed by atoms with Crippen molar-refractivity contribution in [3.05, 3.63) is 35.4 Å². The summed E-state index contributed by atoms with van der Waals surface area (Å²) in [7, 11) is 0. The summed E-state index contributed by atoms with van der Waals surface area (Å²) in [5.41, 5.74) is 2.90. The van der Waals surface area contributed by atoms with Crippen LogP contribution in [0.2, 0.25) is 0 Å². The summed E-state index contributed by atoms with van der Waals surface area (Å²) in [5.74, 6) is 0.812. The van der Waals surface area contributed by atoms with Gasteiger partial charge >= 0.3 is 0 Å². The van der Waals surface area contributed by atoms with E-state index in [1.165, 1.54) is 24.0 Å². The minimum Gasteiger partial charge on any atom is -0.317 e. The number of hydrogen-bond acceptors (Lipinski definition) is 2. The van der Waals surface area contributed by atoms with Crippen molar-refractivity contribution in [2.75, 3.05) is 13.1 Å². The molecular weight excluding hydrogens is 234 g/mol. The smallest absolute Gasteiger partial charge is 0.140 e. The van der Waals surface area contributed by atoms with Crippen molar-refractivity contribution in [3.8, 4) is 0 Å². The number of rotatable bonds is 4. The van der Waals surface area contributed by atoms with Crippen LogP contribution in [0.3, 0.4) is 0 Å². The molecule has 1 heterocycles. The van der Waals surface area contributed by atoms with Gasteiger partial charge in [0.25, 0.3) is 0 Å². The Morgan fingerprint density at radius 3 is 2.47 bits per heavy atom. The van der Waals surface area contributed by atoms with Crippen molar-refractivity contribution in [2.24, 2.45) is 11.3 Å². The maximum atomic E-state index is 12.4. The Morgan fingerprint density at radius 2 is 1.84 bits per heavy atom. The van der Waals surface area contributed by atoms with Crippen LogP contribution >= 0.6 is 0 Å². The predicted molar refractivity (Wildman–Crippen MR) is 77.2 cm³/mol. The van der Waals surface area contributed by atoms with Crippen LogP contribution in [0.4, 0.5) is 0 Å². The second-order valence-corrected chi connectivity index (χ2v) is 6.18. The first kappa shape index (κ1) is 12.9. The van der Waals surface area contributed by atoms with Gasteiger partial charge in [-0.25, -0.2) is 0 Å². The van der Waals surface area contributed by atoms with Crippen LogP contribution in [-0.4, -0.2) is 18.9 Å². The zero-order valence-corrected chi connectivity index (χ0v) is 11.7. The zero-order valence-electron chi connectivity index (χ0n) is 11.7. The standard InChI is InChI=1S/C17H23NO/c1-2-13-3-5-14(6-4-13)11-16(19)15-12-17(15)7-9-18-10-8-17/h3-6,15,18H,2,7-12H2,1H3. The molecule has 1 atom stereocenters. The summed E-state index contributed by atoms with van der Waals surface area (Å²) in [6, 6.07) is 8.54. The minimum absolute atomic E-state index is 0.348. The Labute approximate surface area is 115 Å². The molecule has 1 aliphatic carbocycles. The number of Topliss-reactive ketones (excluding diaryl/α,β-unsaturated/α-hetero) is 1. The molecule has 1 aromatic carbocycles. The molecule has 102 valence electrons. The molecule has 1 N–H and O–H groups in total. The SMILES string of the molecule is CCc1ccc(CC(=O)C2CC23CCNCC3)cc1. The molecule has 0 amide bonds. The molecule has 1 saturated carbocycles. The molecule has 0 aromatic heterocycles. The Balaban J connectivity index is 1.59. The summed E-state index contributed by atoms with van der Waals surface area (Å²) in [5, 5.41) is 3.39. The Morgan fingerprint density at radius 1 is 1.21 bits per heavy atom. The molecule has 2 aliphatic rings. The lowest BCUT2D eigenvalue weighted by atomic mass is 9.89. The van der Waals surface area contributed by atoms with E-state index >= 15 is 0 Å². The highest BCUT2D eigenvalue weighted by atomic mass is 16.1. The molecule has 0 radical (unpaired) electrons. The molecule has 2 nitrogen and oxygen atoms in total. The van der Waals surface area contributed by atoms with Gasteiger partial charge < -0.3 is 5.32 Å². The molecule has 1 spiro atoms. The van der Waals surface area contributed by atoms with E-state index in [0.717, 1.165) is 25.9 Å². The van der Waals surface area contributed by atoms with Crippen molar-refractivity contribution < 1.29 is 4.79 Å². The fraction of sp³-hybridized carbons (Fsp3) is 0.588. The summed E-state index contributed by atoms with van der Waals surface area (Å²) in [6.07, 6.45) is 5.22. The molecule has 0 bridgehead atoms. The van der Waals surface area contributed by atoms with Crippen molar-refractivity contribution in [2.45, 2.75) is 39.0 Å². The van der Waals surface area contributed by atoms with Gasteiger partial charge in [0, 0.05) is 12.3 Å². The van der Waals surface area contributed by atoms with Gasteiger partial charge in [-0.15, -0.1) is 0 Å². The highest BCUT2D eigenvalue weighted by Gasteiger charge is 2.56. The van der Waals surface area contributed by atoms with Crippen molar-refractivity contribution >= 4 is 5.78 Å². The average Bonchev–Trinajstić information content (AvgIpc) is 3.14. The number of ketones is 1. The fourth-order valence-electron chi connectivity index (χ4n) is 3.50. The molecule has 19 heavy (non-hydrogen) atoms.